The second-order valence-corrected chi connectivity index (χ2v) is 5.88. The van der Waals surface area contributed by atoms with Gasteiger partial charge < -0.3 is 29.2 Å². The molecule has 8 atom stereocenters. The first-order valence-electron chi connectivity index (χ1n) is 7.27. The Labute approximate surface area is 120 Å². The predicted octanol–water partition coefficient (Wildman–Crippen LogP) is 0.646. The predicted molar refractivity (Wildman–Crippen MR) is 71.0 cm³/mol. The van der Waals surface area contributed by atoms with Gasteiger partial charge in [0.2, 0.25) is 0 Å². The lowest BCUT2D eigenvalue weighted by atomic mass is 9.94. The summed E-state index contributed by atoms with van der Waals surface area (Å²) in [4.78, 5) is 0. The first-order valence-corrected chi connectivity index (χ1v) is 7.27. The number of aliphatic hydroxyl groups excluding tert-OH is 2. The van der Waals surface area contributed by atoms with Crippen LogP contribution < -0.4 is 0 Å². The van der Waals surface area contributed by atoms with Gasteiger partial charge in [0, 0.05) is 20.0 Å². The van der Waals surface area contributed by atoms with Crippen molar-refractivity contribution in [2.24, 2.45) is 5.92 Å². The molecule has 0 aromatic rings. The lowest BCUT2D eigenvalue weighted by Crippen LogP contribution is -2.53. The van der Waals surface area contributed by atoms with Gasteiger partial charge in [0.05, 0.1) is 24.4 Å². The minimum absolute atomic E-state index is 0.121. The van der Waals surface area contributed by atoms with E-state index in [0.717, 1.165) is 0 Å². The summed E-state index contributed by atoms with van der Waals surface area (Å²) in [6, 6.07) is 0. The second-order valence-electron chi connectivity index (χ2n) is 5.88. The molecule has 0 radical (unpaired) electrons. The smallest absolute Gasteiger partial charge is 0.159 e. The molecule has 0 amide bonds. The average Bonchev–Trinajstić information content (AvgIpc) is 2.38. The zero-order valence-corrected chi connectivity index (χ0v) is 12.6. The molecule has 2 aliphatic rings. The number of hydrogen-bond donors (Lipinski definition) is 2. The van der Waals surface area contributed by atoms with E-state index in [4.69, 9.17) is 18.9 Å². The molecule has 118 valence electrons. The van der Waals surface area contributed by atoms with Gasteiger partial charge >= 0.3 is 0 Å². The highest BCUT2D eigenvalue weighted by Gasteiger charge is 2.41. The van der Waals surface area contributed by atoms with Gasteiger partial charge in [-0.3, -0.25) is 0 Å². The molecule has 2 rings (SSSR count). The minimum Gasteiger partial charge on any atom is -0.390 e. The minimum atomic E-state index is -0.818. The van der Waals surface area contributed by atoms with E-state index in [1.807, 2.05) is 20.8 Å². The molecule has 0 saturated carbocycles. The van der Waals surface area contributed by atoms with Gasteiger partial charge in [-0.05, 0) is 19.8 Å². The number of methoxy groups -OCH3 is 1. The fraction of sp³-hybridized carbons (Fsp3) is 1.00. The van der Waals surface area contributed by atoms with Crippen LogP contribution in [-0.4, -0.2) is 60.4 Å². The van der Waals surface area contributed by atoms with Crippen LogP contribution in [-0.2, 0) is 18.9 Å². The van der Waals surface area contributed by atoms with Crippen molar-refractivity contribution < 1.29 is 29.2 Å². The molecule has 20 heavy (non-hydrogen) atoms. The van der Waals surface area contributed by atoms with E-state index >= 15 is 0 Å². The zero-order valence-electron chi connectivity index (χ0n) is 12.6. The Morgan fingerprint density at radius 1 is 1.00 bits per heavy atom. The summed E-state index contributed by atoms with van der Waals surface area (Å²) in [5, 5.41) is 19.5. The molecule has 8 unspecified atom stereocenters. The fourth-order valence-corrected chi connectivity index (χ4v) is 2.99. The Morgan fingerprint density at radius 2 is 1.70 bits per heavy atom. The summed E-state index contributed by atoms with van der Waals surface area (Å²) in [5.41, 5.74) is 0. The van der Waals surface area contributed by atoms with Crippen molar-refractivity contribution in [2.75, 3.05) is 7.11 Å². The number of aliphatic hydroxyl groups is 2. The van der Waals surface area contributed by atoms with Crippen molar-refractivity contribution in [3.05, 3.63) is 0 Å². The fourth-order valence-electron chi connectivity index (χ4n) is 2.99. The van der Waals surface area contributed by atoms with Crippen LogP contribution in [0.5, 0.6) is 0 Å². The number of hydrogen-bond acceptors (Lipinski definition) is 6. The van der Waals surface area contributed by atoms with E-state index in [-0.39, 0.29) is 36.6 Å². The molecule has 0 aromatic carbocycles. The van der Waals surface area contributed by atoms with Gasteiger partial charge in [0.15, 0.2) is 12.6 Å². The molecular weight excluding hydrogens is 264 g/mol. The number of rotatable bonds is 3. The highest BCUT2D eigenvalue weighted by Crippen LogP contribution is 2.30. The third kappa shape index (κ3) is 3.50. The topological polar surface area (TPSA) is 77.4 Å². The van der Waals surface area contributed by atoms with E-state index in [9.17, 15) is 10.2 Å². The molecule has 2 fully saturated rings. The van der Waals surface area contributed by atoms with Crippen molar-refractivity contribution in [1.29, 1.82) is 0 Å². The molecule has 2 N–H and O–H groups in total. The van der Waals surface area contributed by atoms with Gasteiger partial charge in [-0.25, -0.2) is 0 Å². The van der Waals surface area contributed by atoms with Gasteiger partial charge in [-0.2, -0.15) is 0 Å². The summed E-state index contributed by atoms with van der Waals surface area (Å²) in [6.45, 7) is 5.68. The standard InChI is InChI=1S/C14H26O6/c1-7-5-12(19-8(2)13(7)16)20-14-9(3)18-11(15)6-10(14)17-4/h7-16H,5-6H2,1-4H3. The van der Waals surface area contributed by atoms with Gasteiger partial charge in [0.25, 0.3) is 0 Å². The monoisotopic (exact) mass is 290 g/mol. The molecule has 2 heterocycles. The average molecular weight is 290 g/mol. The van der Waals surface area contributed by atoms with Crippen molar-refractivity contribution in [3.8, 4) is 0 Å². The summed E-state index contributed by atoms with van der Waals surface area (Å²) in [7, 11) is 1.60. The highest BCUT2D eigenvalue weighted by atomic mass is 16.7. The van der Waals surface area contributed by atoms with Crippen LogP contribution in [0.15, 0.2) is 0 Å². The second kappa shape index (κ2) is 6.68. The maximum absolute atomic E-state index is 9.89. The maximum Gasteiger partial charge on any atom is 0.159 e. The normalized spacial score (nSPS) is 50.1. The molecule has 6 heteroatoms. The van der Waals surface area contributed by atoms with Gasteiger partial charge in [-0.1, -0.05) is 6.92 Å². The third-order valence-corrected chi connectivity index (χ3v) is 4.24. The summed E-state index contributed by atoms with van der Waals surface area (Å²) in [6.07, 6.45) is -1.69. The molecule has 0 bridgehead atoms. The molecule has 6 nitrogen and oxygen atoms in total. The SMILES string of the molecule is COC1CC(O)OC(C)C1OC1CC(C)C(O)C(C)O1. The summed E-state index contributed by atoms with van der Waals surface area (Å²) < 4.78 is 22.5. The van der Waals surface area contributed by atoms with Crippen molar-refractivity contribution in [3.63, 3.8) is 0 Å². The van der Waals surface area contributed by atoms with Crippen molar-refractivity contribution in [2.45, 2.75) is 76.7 Å². The molecular formula is C14H26O6. The zero-order chi connectivity index (χ0) is 14.9. The number of ether oxygens (including phenoxy) is 4. The van der Waals surface area contributed by atoms with Crippen molar-refractivity contribution in [1.82, 2.24) is 0 Å². The molecule has 2 saturated heterocycles. The largest absolute Gasteiger partial charge is 0.390 e. The molecule has 0 spiro atoms. The van der Waals surface area contributed by atoms with E-state index in [1.54, 1.807) is 7.11 Å². The first kappa shape index (κ1) is 16.1. The Balaban J connectivity index is 1.97. The van der Waals surface area contributed by atoms with E-state index in [1.165, 1.54) is 0 Å². The van der Waals surface area contributed by atoms with E-state index in [0.29, 0.717) is 12.8 Å². The lowest BCUT2D eigenvalue weighted by Gasteiger charge is -2.42. The molecule has 0 aromatic heterocycles. The van der Waals surface area contributed by atoms with E-state index in [2.05, 4.69) is 0 Å². The van der Waals surface area contributed by atoms with Crippen LogP contribution in [0, 0.1) is 5.92 Å². The van der Waals surface area contributed by atoms with Crippen LogP contribution in [0.25, 0.3) is 0 Å². The lowest BCUT2D eigenvalue weighted by molar-refractivity contribution is -0.304. The Morgan fingerprint density at radius 3 is 2.30 bits per heavy atom. The summed E-state index contributed by atoms with van der Waals surface area (Å²) >= 11 is 0. The van der Waals surface area contributed by atoms with Gasteiger partial charge in [0.1, 0.15) is 6.10 Å². The highest BCUT2D eigenvalue weighted by molar-refractivity contribution is 4.85. The molecule has 0 aliphatic carbocycles. The van der Waals surface area contributed by atoms with Crippen LogP contribution in [0.4, 0.5) is 0 Å². The third-order valence-electron chi connectivity index (χ3n) is 4.24. The Bertz CT molecular complexity index is 300. The van der Waals surface area contributed by atoms with E-state index < -0.39 is 12.4 Å². The quantitative estimate of drug-likeness (QED) is 0.794. The Kier molecular flexibility index (Phi) is 5.39. The van der Waals surface area contributed by atoms with Crippen LogP contribution in [0.1, 0.15) is 33.6 Å². The van der Waals surface area contributed by atoms with Crippen molar-refractivity contribution >= 4 is 0 Å². The molecule has 2 aliphatic heterocycles. The van der Waals surface area contributed by atoms with Crippen LogP contribution in [0.2, 0.25) is 0 Å². The first-order chi connectivity index (χ1) is 9.42. The van der Waals surface area contributed by atoms with Crippen LogP contribution in [0.3, 0.4) is 0 Å². The maximum atomic E-state index is 9.89. The van der Waals surface area contributed by atoms with Crippen LogP contribution >= 0.6 is 0 Å². The van der Waals surface area contributed by atoms with Gasteiger partial charge in [-0.15, -0.1) is 0 Å². The Hall–Kier alpha value is -0.240. The summed E-state index contributed by atoms with van der Waals surface area (Å²) in [5.74, 6) is 0.121.